The summed E-state index contributed by atoms with van der Waals surface area (Å²) in [5.41, 5.74) is 0.811. The lowest BCUT2D eigenvalue weighted by molar-refractivity contribution is -0.129. The average molecular weight is 388 g/mol. The fraction of sp³-hybridized carbons (Fsp3) is 0.211. The van der Waals surface area contributed by atoms with Crippen LogP contribution in [0.15, 0.2) is 64.0 Å². The van der Waals surface area contributed by atoms with Crippen molar-refractivity contribution in [1.82, 2.24) is 15.0 Å². The van der Waals surface area contributed by atoms with Gasteiger partial charge in [-0.05, 0) is 43.3 Å². The SMILES string of the molecule is C[C@@H](Sc1ccccc1)C(=O)N(C)Cc1nc(-c2ccc(Cl)cc2)no1. The Kier molecular flexibility index (Phi) is 5.96. The van der Waals surface area contributed by atoms with Crippen LogP contribution in [0.1, 0.15) is 12.8 Å². The number of halogens is 1. The van der Waals surface area contributed by atoms with Crippen molar-refractivity contribution in [3.05, 3.63) is 65.5 Å². The molecular formula is C19H18ClN3O2S. The van der Waals surface area contributed by atoms with E-state index in [0.717, 1.165) is 10.5 Å². The molecule has 0 saturated heterocycles. The first kappa shape index (κ1) is 18.5. The number of nitrogens with zero attached hydrogens (tertiary/aromatic N) is 3. The minimum Gasteiger partial charge on any atom is -0.337 e. The highest BCUT2D eigenvalue weighted by Crippen LogP contribution is 2.24. The van der Waals surface area contributed by atoms with Gasteiger partial charge in [-0.15, -0.1) is 11.8 Å². The van der Waals surface area contributed by atoms with Gasteiger partial charge in [0.1, 0.15) is 0 Å². The molecule has 3 aromatic rings. The zero-order valence-corrected chi connectivity index (χ0v) is 16.0. The predicted molar refractivity (Wildman–Crippen MR) is 103 cm³/mol. The number of aromatic nitrogens is 2. The number of benzene rings is 2. The van der Waals surface area contributed by atoms with E-state index in [2.05, 4.69) is 10.1 Å². The lowest BCUT2D eigenvalue weighted by Gasteiger charge is -2.19. The van der Waals surface area contributed by atoms with E-state index in [0.29, 0.717) is 16.7 Å². The fourth-order valence-corrected chi connectivity index (χ4v) is 3.51. The number of carbonyl (C=O) groups excluding carboxylic acids is 1. The molecule has 1 atom stereocenters. The smallest absolute Gasteiger partial charge is 0.246 e. The van der Waals surface area contributed by atoms with Crippen molar-refractivity contribution < 1.29 is 9.32 Å². The molecule has 0 N–H and O–H groups in total. The van der Waals surface area contributed by atoms with Gasteiger partial charge in [-0.25, -0.2) is 0 Å². The molecular weight excluding hydrogens is 370 g/mol. The first-order valence-electron chi connectivity index (χ1n) is 8.08. The van der Waals surface area contributed by atoms with Crippen LogP contribution >= 0.6 is 23.4 Å². The second-order valence-corrected chi connectivity index (χ2v) is 7.64. The van der Waals surface area contributed by atoms with Crippen LogP contribution < -0.4 is 0 Å². The molecule has 1 heterocycles. The fourth-order valence-electron chi connectivity index (χ4n) is 2.38. The summed E-state index contributed by atoms with van der Waals surface area (Å²) in [6.07, 6.45) is 0. The molecule has 0 fully saturated rings. The van der Waals surface area contributed by atoms with E-state index in [1.165, 1.54) is 11.8 Å². The maximum absolute atomic E-state index is 12.6. The third-order valence-corrected chi connectivity index (χ3v) is 5.07. The molecule has 0 bridgehead atoms. The molecule has 7 heteroatoms. The van der Waals surface area contributed by atoms with E-state index in [-0.39, 0.29) is 17.7 Å². The van der Waals surface area contributed by atoms with E-state index in [1.807, 2.05) is 49.4 Å². The molecule has 3 rings (SSSR count). The van der Waals surface area contributed by atoms with Crippen LogP contribution in [0, 0.1) is 0 Å². The Balaban J connectivity index is 1.61. The first-order chi connectivity index (χ1) is 12.5. The highest BCUT2D eigenvalue weighted by atomic mass is 35.5. The van der Waals surface area contributed by atoms with Crippen molar-refractivity contribution in [3.63, 3.8) is 0 Å². The van der Waals surface area contributed by atoms with Crippen molar-refractivity contribution in [3.8, 4) is 11.4 Å². The first-order valence-corrected chi connectivity index (χ1v) is 9.34. The van der Waals surface area contributed by atoms with Crippen LogP contribution in [0.2, 0.25) is 5.02 Å². The van der Waals surface area contributed by atoms with Crippen molar-refractivity contribution in [2.24, 2.45) is 0 Å². The number of hydrogen-bond acceptors (Lipinski definition) is 5. The third kappa shape index (κ3) is 4.65. The number of hydrogen-bond donors (Lipinski definition) is 0. The van der Waals surface area contributed by atoms with Crippen molar-refractivity contribution in [2.75, 3.05) is 7.05 Å². The molecule has 1 aromatic heterocycles. The zero-order valence-electron chi connectivity index (χ0n) is 14.4. The van der Waals surface area contributed by atoms with E-state index < -0.39 is 0 Å². The number of amides is 1. The Hall–Kier alpha value is -2.31. The summed E-state index contributed by atoms with van der Waals surface area (Å²) in [5.74, 6) is 0.872. The van der Waals surface area contributed by atoms with Gasteiger partial charge in [-0.3, -0.25) is 4.79 Å². The Bertz CT molecular complexity index is 868. The van der Waals surface area contributed by atoms with Gasteiger partial charge in [0.2, 0.25) is 17.6 Å². The van der Waals surface area contributed by atoms with Gasteiger partial charge in [0.15, 0.2) is 0 Å². The van der Waals surface area contributed by atoms with Crippen LogP contribution in [0.25, 0.3) is 11.4 Å². The van der Waals surface area contributed by atoms with Crippen LogP contribution in [0.4, 0.5) is 0 Å². The van der Waals surface area contributed by atoms with Gasteiger partial charge in [0.25, 0.3) is 0 Å². The topological polar surface area (TPSA) is 59.2 Å². The molecule has 134 valence electrons. The molecule has 0 aliphatic rings. The summed E-state index contributed by atoms with van der Waals surface area (Å²) >= 11 is 7.41. The van der Waals surface area contributed by atoms with Gasteiger partial charge >= 0.3 is 0 Å². The van der Waals surface area contributed by atoms with Crippen LogP contribution in [-0.2, 0) is 11.3 Å². The summed E-state index contributed by atoms with van der Waals surface area (Å²) in [6.45, 7) is 2.16. The predicted octanol–water partition coefficient (Wildman–Crippen LogP) is 4.53. The minimum atomic E-state index is -0.207. The lowest BCUT2D eigenvalue weighted by Crippen LogP contribution is -2.32. The molecule has 5 nitrogen and oxygen atoms in total. The van der Waals surface area contributed by atoms with Gasteiger partial charge < -0.3 is 9.42 Å². The second-order valence-electron chi connectivity index (χ2n) is 5.79. The van der Waals surface area contributed by atoms with E-state index in [9.17, 15) is 4.79 Å². The average Bonchev–Trinajstić information content (AvgIpc) is 3.11. The summed E-state index contributed by atoms with van der Waals surface area (Å²) < 4.78 is 5.27. The Labute approximate surface area is 161 Å². The zero-order chi connectivity index (χ0) is 18.5. The van der Waals surface area contributed by atoms with E-state index in [4.69, 9.17) is 16.1 Å². The molecule has 0 spiro atoms. The number of thioether (sulfide) groups is 1. The largest absolute Gasteiger partial charge is 0.337 e. The normalized spacial score (nSPS) is 12.0. The quantitative estimate of drug-likeness (QED) is 0.581. The van der Waals surface area contributed by atoms with Crippen molar-refractivity contribution in [2.45, 2.75) is 23.6 Å². The molecule has 0 unspecified atom stereocenters. The van der Waals surface area contributed by atoms with Crippen LogP contribution in [-0.4, -0.2) is 33.2 Å². The summed E-state index contributed by atoms with van der Waals surface area (Å²) in [7, 11) is 1.73. The summed E-state index contributed by atoms with van der Waals surface area (Å²) in [4.78, 5) is 19.6. The Morgan fingerprint density at radius 3 is 2.58 bits per heavy atom. The highest BCUT2D eigenvalue weighted by Gasteiger charge is 2.21. The maximum Gasteiger partial charge on any atom is 0.246 e. The Morgan fingerprint density at radius 1 is 1.19 bits per heavy atom. The number of carbonyl (C=O) groups is 1. The summed E-state index contributed by atoms with van der Waals surface area (Å²) in [6, 6.07) is 17.0. The van der Waals surface area contributed by atoms with Crippen LogP contribution in [0.5, 0.6) is 0 Å². The lowest BCUT2D eigenvalue weighted by atomic mass is 10.2. The van der Waals surface area contributed by atoms with E-state index >= 15 is 0 Å². The van der Waals surface area contributed by atoms with Gasteiger partial charge in [0, 0.05) is 22.5 Å². The molecule has 2 aromatic carbocycles. The van der Waals surface area contributed by atoms with Gasteiger partial charge in [-0.2, -0.15) is 4.98 Å². The highest BCUT2D eigenvalue weighted by molar-refractivity contribution is 8.00. The molecule has 0 aliphatic heterocycles. The molecule has 26 heavy (non-hydrogen) atoms. The van der Waals surface area contributed by atoms with Gasteiger partial charge in [0.05, 0.1) is 11.8 Å². The molecule has 0 saturated carbocycles. The Morgan fingerprint density at radius 2 is 1.88 bits per heavy atom. The van der Waals surface area contributed by atoms with Crippen LogP contribution in [0.3, 0.4) is 0 Å². The summed E-state index contributed by atoms with van der Waals surface area (Å²) in [5, 5.41) is 4.41. The van der Waals surface area contributed by atoms with E-state index in [1.54, 1.807) is 24.1 Å². The van der Waals surface area contributed by atoms with Crippen molar-refractivity contribution >= 4 is 29.3 Å². The second kappa shape index (κ2) is 8.38. The standard InChI is InChI=1S/C19H18ClN3O2S/c1-13(26-16-6-4-3-5-7-16)19(24)23(2)12-17-21-18(22-25-17)14-8-10-15(20)11-9-14/h3-11,13H,12H2,1-2H3/t13-/m1/s1. The monoisotopic (exact) mass is 387 g/mol. The molecule has 0 aliphatic carbocycles. The van der Waals surface area contributed by atoms with Gasteiger partial charge in [-0.1, -0.05) is 35.0 Å². The maximum atomic E-state index is 12.6. The minimum absolute atomic E-state index is 0.00472. The number of rotatable bonds is 6. The molecule has 1 amide bonds. The third-order valence-electron chi connectivity index (χ3n) is 3.72. The van der Waals surface area contributed by atoms with Crippen molar-refractivity contribution in [1.29, 1.82) is 0 Å². The molecule has 0 radical (unpaired) electrons.